The smallest absolute Gasteiger partial charge is 0.240 e. The van der Waals surface area contributed by atoms with Crippen LogP contribution >= 0.6 is 11.8 Å². The molecule has 0 spiro atoms. The summed E-state index contributed by atoms with van der Waals surface area (Å²) in [6.07, 6.45) is 1.66. The molecule has 3 atom stereocenters. The number of nitrogens with one attached hydrogen (secondary N) is 1. The van der Waals surface area contributed by atoms with Gasteiger partial charge in [0.15, 0.2) is 0 Å². The molecule has 4 nitrogen and oxygen atoms in total. The summed E-state index contributed by atoms with van der Waals surface area (Å²) in [6, 6.07) is 11.3. The maximum atomic E-state index is 13.1. The molecule has 0 aliphatic rings. The standard InChI is InChI=1S/C19H24FNO3S2/c1-4-13(2)18(19(22)14-5-9-16(25-3)10-6-14)21-26(23,24)17-11-7-15(20)8-12-17/h5-13,18-19,21-22H,4H2,1-3H3. The molecular weight excluding hydrogens is 373 g/mol. The molecule has 0 amide bonds. The van der Waals surface area contributed by atoms with Crippen LogP contribution in [-0.4, -0.2) is 25.8 Å². The first kappa shape index (κ1) is 20.9. The van der Waals surface area contributed by atoms with Gasteiger partial charge in [0, 0.05) is 4.90 Å². The fourth-order valence-corrected chi connectivity index (χ4v) is 4.37. The average molecular weight is 398 g/mol. The number of thioether (sulfide) groups is 1. The first-order valence-corrected chi connectivity index (χ1v) is 11.1. The zero-order chi connectivity index (χ0) is 19.3. The van der Waals surface area contributed by atoms with Gasteiger partial charge in [0.05, 0.1) is 17.0 Å². The van der Waals surface area contributed by atoms with E-state index in [0.717, 1.165) is 17.0 Å². The molecule has 0 aliphatic heterocycles. The Kier molecular flexibility index (Phi) is 7.23. The van der Waals surface area contributed by atoms with E-state index in [2.05, 4.69) is 4.72 Å². The van der Waals surface area contributed by atoms with Crippen LogP contribution in [0.4, 0.5) is 4.39 Å². The van der Waals surface area contributed by atoms with Crippen LogP contribution in [-0.2, 0) is 10.0 Å². The van der Waals surface area contributed by atoms with Crippen molar-refractivity contribution in [3.05, 3.63) is 59.9 Å². The molecule has 2 rings (SSSR count). The van der Waals surface area contributed by atoms with Crippen molar-refractivity contribution in [3.63, 3.8) is 0 Å². The van der Waals surface area contributed by atoms with Crippen LogP contribution < -0.4 is 4.72 Å². The Morgan fingerprint density at radius 1 is 1.12 bits per heavy atom. The van der Waals surface area contributed by atoms with Crippen molar-refractivity contribution in [1.29, 1.82) is 0 Å². The van der Waals surface area contributed by atoms with E-state index in [0.29, 0.717) is 12.0 Å². The van der Waals surface area contributed by atoms with Gasteiger partial charge in [-0.3, -0.25) is 0 Å². The van der Waals surface area contributed by atoms with Crippen LogP contribution in [0.25, 0.3) is 0 Å². The summed E-state index contributed by atoms with van der Waals surface area (Å²) in [5, 5.41) is 10.8. The minimum atomic E-state index is -3.88. The molecular formula is C19H24FNO3S2. The summed E-state index contributed by atoms with van der Waals surface area (Å²) >= 11 is 1.59. The van der Waals surface area contributed by atoms with E-state index in [1.807, 2.05) is 32.2 Å². The third-order valence-electron chi connectivity index (χ3n) is 4.47. The molecule has 0 saturated carbocycles. The maximum Gasteiger partial charge on any atom is 0.240 e. The van der Waals surface area contributed by atoms with E-state index >= 15 is 0 Å². The van der Waals surface area contributed by atoms with E-state index in [9.17, 15) is 17.9 Å². The van der Waals surface area contributed by atoms with Gasteiger partial charge in [-0.2, -0.15) is 0 Å². The van der Waals surface area contributed by atoms with E-state index < -0.39 is 28.0 Å². The van der Waals surface area contributed by atoms with Gasteiger partial charge in [-0.1, -0.05) is 32.4 Å². The third-order valence-corrected chi connectivity index (χ3v) is 6.69. The van der Waals surface area contributed by atoms with Crippen LogP contribution in [0, 0.1) is 11.7 Å². The Hall–Kier alpha value is -1.41. The van der Waals surface area contributed by atoms with Crippen molar-refractivity contribution in [1.82, 2.24) is 4.72 Å². The largest absolute Gasteiger partial charge is 0.387 e. The SMILES string of the molecule is CCC(C)C(NS(=O)(=O)c1ccc(F)cc1)C(O)c1ccc(SC)cc1. The van der Waals surface area contributed by atoms with Crippen molar-refractivity contribution in [2.45, 2.75) is 42.2 Å². The zero-order valence-electron chi connectivity index (χ0n) is 15.0. The monoisotopic (exact) mass is 397 g/mol. The molecule has 0 bridgehead atoms. The van der Waals surface area contributed by atoms with Crippen molar-refractivity contribution < 1.29 is 17.9 Å². The Labute approximate surface area is 158 Å². The van der Waals surface area contributed by atoms with Gasteiger partial charge < -0.3 is 5.11 Å². The number of halogens is 1. The molecule has 142 valence electrons. The highest BCUT2D eigenvalue weighted by atomic mass is 32.2. The number of benzene rings is 2. The third kappa shape index (κ3) is 5.07. The highest BCUT2D eigenvalue weighted by Crippen LogP contribution is 2.27. The number of hydrogen-bond acceptors (Lipinski definition) is 4. The van der Waals surface area contributed by atoms with Gasteiger partial charge in [-0.05, 0) is 54.1 Å². The van der Waals surface area contributed by atoms with E-state index in [4.69, 9.17) is 0 Å². The lowest BCUT2D eigenvalue weighted by molar-refractivity contribution is 0.112. The topological polar surface area (TPSA) is 66.4 Å². The fourth-order valence-electron chi connectivity index (χ4n) is 2.62. The molecule has 7 heteroatoms. The zero-order valence-corrected chi connectivity index (χ0v) is 16.6. The van der Waals surface area contributed by atoms with E-state index in [1.54, 1.807) is 23.9 Å². The van der Waals surface area contributed by atoms with Gasteiger partial charge in [-0.25, -0.2) is 17.5 Å². The molecule has 26 heavy (non-hydrogen) atoms. The van der Waals surface area contributed by atoms with Crippen LogP contribution in [0.2, 0.25) is 0 Å². The summed E-state index contributed by atoms with van der Waals surface area (Å²) in [6.45, 7) is 3.82. The normalized spacial score (nSPS) is 15.4. The molecule has 3 unspecified atom stereocenters. The number of rotatable bonds is 8. The quantitative estimate of drug-likeness (QED) is 0.662. The lowest BCUT2D eigenvalue weighted by Gasteiger charge is -2.29. The van der Waals surface area contributed by atoms with Crippen LogP contribution in [0.1, 0.15) is 31.9 Å². The highest BCUT2D eigenvalue weighted by Gasteiger charge is 2.30. The minimum absolute atomic E-state index is 0.0304. The second kappa shape index (κ2) is 8.99. The van der Waals surface area contributed by atoms with Gasteiger partial charge in [0.25, 0.3) is 0 Å². The number of aliphatic hydroxyl groups excluding tert-OH is 1. The first-order chi connectivity index (χ1) is 12.3. The molecule has 0 heterocycles. The van der Waals surface area contributed by atoms with Crippen LogP contribution in [0.15, 0.2) is 58.3 Å². The molecule has 0 aliphatic carbocycles. The lowest BCUT2D eigenvalue weighted by Crippen LogP contribution is -2.43. The highest BCUT2D eigenvalue weighted by molar-refractivity contribution is 7.98. The summed E-state index contributed by atoms with van der Waals surface area (Å²) in [5.41, 5.74) is 0.648. The van der Waals surface area contributed by atoms with Crippen molar-refractivity contribution in [3.8, 4) is 0 Å². The average Bonchev–Trinajstić information content (AvgIpc) is 2.65. The lowest BCUT2D eigenvalue weighted by atomic mass is 9.91. The van der Waals surface area contributed by atoms with Gasteiger partial charge in [-0.15, -0.1) is 11.8 Å². The molecule has 2 N–H and O–H groups in total. The Morgan fingerprint density at radius 3 is 2.19 bits per heavy atom. The molecule has 2 aromatic carbocycles. The second-order valence-corrected chi connectivity index (χ2v) is 8.80. The summed E-state index contributed by atoms with van der Waals surface area (Å²) in [7, 11) is -3.88. The van der Waals surface area contributed by atoms with Gasteiger partial charge >= 0.3 is 0 Å². The van der Waals surface area contributed by atoms with E-state index in [-0.39, 0.29) is 10.8 Å². The number of hydrogen-bond donors (Lipinski definition) is 2. The predicted octanol–water partition coefficient (Wildman–Crippen LogP) is 3.97. The Morgan fingerprint density at radius 2 is 1.69 bits per heavy atom. The van der Waals surface area contributed by atoms with Crippen LogP contribution in [0.3, 0.4) is 0 Å². The van der Waals surface area contributed by atoms with Crippen LogP contribution in [0.5, 0.6) is 0 Å². The summed E-state index contributed by atoms with van der Waals surface area (Å²) in [4.78, 5) is 1.03. The fraction of sp³-hybridized carbons (Fsp3) is 0.368. The summed E-state index contributed by atoms with van der Waals surface area (Å²) in [5.74, 6) is -0.600. The molecule has 0 aromatic heterocycles. The van der Waals surface area contributed by atoms with Gasteiger partial charge in [0.1, 0.15) is 5.82 Å². The molecule has 0 fully saturated rings. The van der Waals surface area contributed by atoms with Gasteiger partial charge in [0.2, 0.25) is 10.0 Å². The molecule has 2 aromatic rings. The molecule has 0 saturated heterocycles. The molecule has 0 radical (unpaired) electrons. The predicted molar refractivity (Wildman–Crippen MR) is 103 cm³/mol. The minimum Gasteiger partial charge on any atom is -0.387 e. The summed E-state index contributed by atoms with van der Waals surface area (Å²) < 4.78 is 41.0. The van der Waals surface area contributed by atoms with Crippen molar-refractivity contribution in [2.75, 3.05) is 6.26 Å². The Balaban J connectivity index is 2.29. The number of sulfonamides is 1. The maximum absolute atomic E-state index is 13.1. The van der Waals surface area contributed by atoms with Crippen molar-refractivity contribution >= 4 is 21.8 Å². The second-order valence-electron chi connectivity index (χ2n) is 6.20. The Bertz CT molecular complexity index is 808. The first-order valence-electron chi connectivity index (χ1n) is 8.38. The van der Waals surface area contributed by atoms with Crippen molar-refractivity contribution in [2.24, 2.45) is 5.92 Å². The number of aliphatic hydroxyl groups is 1. The van der Waals surface area contributed by atoms with E-state index in [1.165, 1.54) is 12.1 Å².